The van der Waals surface area contributed by atoms with Crippen molar-refractivity contribution in [3.05, 3.63) is 58.7 Å². The number of nitrogens with zero attached hydrogens (tertiary/aromatic N) is 2. The maximum atomic E-state index is 13.5. The normalized spacial score (nSPS) is 11.5. The van der Waals surface area contributed by atoms with Gasteiger partial charge in [-0.05, 0) is 73.2 Å². The molecule has 1 heterocycles. The van der Waals surface area contributed by atoms with Gasteiger partial charge in [0.2, 0.25) is 11.9 Å². The summed E-state index contributed by atoms with van der Waals surface area (Å²) < 4.78 is 13.5. The fourth-order valence-electron chi connectivity index (χ4n) is 2.78. The molecule has 0 spiro atoms. The number of hydrogen-bond donors (Lipinski definition) is 1. The number of hydrogen-bond acceptors (Lipinski definition) is 3. The Morgan fingerprint density at radius 2 is 2.04 bits per heavy atom. The molecule has 0 bridgehead atoms. The Morgan fingerprint density at radius 3 is 2.65 bits per heavy atom. The van der Waals surface area contributed by atoms with Crippen LogP contribution in [0.4, 0.5) is 4.39 Å². The third-order valence-corrected chi connectivity index (χ3v) is 4.42. The summed E-state index contributed by atoms with van der Waals surface area (Å²) in [6, 6.07) is 8.68. The fourth-order valence-corrected chi connectivity index (χ4v) is 2.78. The molecular weight excluding hydrogens is 329 g/mol. The van der Waals surface area contributed by atoms with Crippen LogP contribution in [0.5, 0.6) is 0 Å². The number of pyridine rings is 1. The van der Waals surface area contributed by atoms with Crippen LogP contribution < -0.4 is 5.32 Å². The molecule has 0 saturated heterocycles. The lowest BCUT2D eigenvalue weighted by molar-refractivity contribution is -0.117. The van der Waals surface area contributed by atoms with E-state index in [-0.39, 0.29) is 5.91 Å². The van der Waals surface area contributed by atoms with Crippen molar-refractivity contribution in [2.24, 2.45) is 0 Å². The van der Waals surface area contributed by atoms with Gasteiger partial charge in [-0.2, -0.15) is 9.65 Å². The molecule has 0 aliphatic heterocycles. The van der Waals surface area contributed by atoms with Gasteiger partial charge in [-0.1, -0.05) is 6.92 Å². The fraction of sp³-hybridized carbons (Fsp3) is 0.286. The number of rotatable bonds is 5. The lowest BCUT2D eigenvalue weighted by Gasteiger charge is -2.15. The summed E-state index contributed by atoms with van der Waals surface area (Å²) in [7, 11) is 0. The maximum absolute atomic E-state index is 13.5. The maximum Gasteiger partial charge on any atom is 0.247 e. The van der Waals surface area contributed by atoms with Gasteiger partial charge in [0.15, 0.2) is 0 Å². The zero-order chi connectivity index (χ0) is 19.3. The van der Waals surface area contributed by atoms with Crippen LogP contribution in [-0.2, 0) is 4.79 Å². The van der Waals surface area contributed by atoms with Crippen LogP contribution in [-0.4, -0.2) is 17.4 Å². The number of nitrogens with one attached hydrogen (secondary N) is 1. The van der Waals surface area contributed by atoms with Crippen LogP contribution in [0.1, 0.15) is 43.9 Å². The van der Waals surface area contributed by atoms with Crippen LogP contribution in [0.15, 0.2) is 36.0 Å². The van der Waals surface area contributed by atoms with E-state index >= 15 is 0 Å². The molecule has 0 aliphatic rings. The number of amides is 1. The molecule has 134 valence electrons. The molecule has 0 fully saturated rings. The summed E-state index contributed by atoms with van der Waals surface area (Å²) in [4.78, 5) is 15.9. The van der Waals surface area contributed by atoms with E-state index in [0.29, 0.717) is 23.2 Å². The molecular formula is C21H22FN3O. The molecule has 1 amide bonds. The van der Waals surface area contributed by atoms with E-state index in [2.05, 4.69) is 16.4 Å². The molecule has 0 unspecified atom stereocenters. The van der Waals surface area contributed by atoms with Gasteiger partial charge in [0, 0.05) is 24.4 Å². The van der Waals surface area contributed by atoms with E-state index in [1.807, 2.05) is 20.8 Å². The Morgan fingerprint density at radius 1 is 1.31 bits per heavy atom. The number of halogens is 1. The van der Waals surface area contributed by atoms with Gasteiger partial charge in [0.25, 0.3) is 0 Å². The van der Waals surface area contributed by atoms with E-state index in [9.17, 15) is 14.4 Å². The van der Waals surface area contributed by atoms with E-state index < -0.39 is 5.95 Å². The first-order valence-corrected chi connectivity index (χ1v) is 8.51. The highest BCUT2D eigenvalue weighted by molar-refractivity contribution is 6.01. The molecule has 0 radical (unpaired) electrons. The van der Waals surface area contributed by atoms with Gasteiger partial charge in [0.1, 0.15) is 0 Å². The first-order chi connectivity index (χ1) is 12.4. The standard InChI is InChI=1S/C21H22FN3O/c1-5-7-25-21(26)14(3)13(2)18-9-16(12-23)10-19(15(18)4)17-6-8-24-20(22)11-17/h6,8-11H,5,7H2,1-4H3,(H,25,26)/b14-13+. The van der Waals surface area contributed by atoms with Gasteiger partial charge in [0.05, 0.1) is 11.6 Å². The number of benzene rings is 1. The summed E-state index contributed by atoms with van der Waals surface area (Å²) in [5, 5.41) is 12.3. The SMILES string of the molecule is CCCNC(=O)/C(C)=C(\C)c1cc(C#N)cc(-c2ccnc(F)c2)c1C. The van der Waals surface area contributed by atoms with Gasteiger partial charge in [-0.3, -0.25) is 4.79 Å². The van der Waals surface area contributed by atoms with Gasteiger partial charge >= 0.3 is 0 Å². The van der Waals surface area contributed by atoms with Crippen molar-refractivity contribution in [3.63, 3.8) is 0 Å². The molecule has 1 aromatic heterocycles. The van der Waals surface area contributed by atoms with Crippen LogP contribution in [0.2, 0.25) is 0 Å². The average Bonchev–Trinajstić information content (AvgIpc) is 2.65. The van der Waals surface area contributed by atoms with Gasteiger partial charge in [-0.25, -0.2) is 4.98 Å². The highest BCUT2D eigenvalue weighted by atomic mass is 19.1. The van der Waals surface area contributed by atoms with Crippen molar-refractivity contribution >= 4 is 11.5 Å². The smallest absolute Gasteiger partial charge is 0.247 e. The Bertz CT molecular complexity index is 910. The van der Waals surface area contributed by atoms with Crippen molar-refractivity contribution < 1.29 is 9.18 Å². The van der Waals surface area contributed by atoms with Crippen LogP contribution in [0, 0.1) is 24.2 Å². The average molecular weight is 351 g/mol. The highest BCUT2D eigenvalue weighted by Gasteiger charge is 2.15. The second-order valence-electron chi connectivity index (χ2n) is 6.18. The topological polar surface area (TPSA) is 65.8 Å². The molecule has 2 rings (SSSR count). The summed E-state index contributed by atoms with van der Waals surface area (Å²) >= 11 is 0. The number of carbonyl (C=O) groups excluding carboxylic acids is 1. The van der Waals surface area contributed by atoms with E-state index in [1.54, 1.807) is 25.1 Å². The highest BCUT2D eigenvalue weighted by Crippen LogP contribution is 2.32. The lowest BCUT2D eigenvalue weighted by Crippen LogP contribution is -2.25. The lowest BCUT2D eigenvalue weighted by atomic mass is 9.89. The molecule has 0 atom stereocenters. The molecule has 0 saturated carbocycles. The van der Waals surface area contributed by atoms with E-state index in [4.69, 9.17) is 0 Å². The second kappa shape index (κ2) is 8.39. The van der Waals surface area contributed by atoms with Crippen LogP contribution >= 0.6 is 0 Å². The molecule has 1 N–H and O–H groups in total. The Hall–Kier alpha value is -3.00. The minimum atomic E-state index is -0.576. The van der Waals surface area contributed by atoms with Crippen LogP contribution in [0.25, 0.3) is 16.7 Å². The predicted molar refractivity (Wildman–Crippen MR) is 101 cm³/mol. The third-order valence-electron chi connectivity index (χ3n) is 4.42. The largest absolute Gasteiger partial charge is 0.352 e. The van der Waals surface area contributed by atoms with E-state index in [0.717, 1.165) is 28.7 Å². The van der Waals surface area contributed by atoms with Crippen molar-refractivity contribution in [2.75, 3.05) is 6.54 Å². The van der Waals surface area contributed by atoms with Crippen LogP contribution in [0.3, 0.4) is 0 Å². The monoisotopic (exact) mass is 351 g/mol. The summed E-state index contributed by atoms with van der Waals surface area (Å²) in [5.41, 5.74) is 4.94. The zero-order valence-electron chi connectivity index (χ0n) is 15.5. The van der Waals surface area contributed by atoms with Crippen molar-refractivity contribution in [1.82, 2.24) is 10.3 Å². The number of carbonyl (C=O) groups is 1. The van der Waals surface area contributed by atoms with Gasteiger partial charge in [-0.15, -0.1) is 0 Å². The molecule has 1 aromatic carbocycles. The quantitative estimate of drug-likeness (QED) is 0.642. The number of nitriles is 1. The molecule has 0 aliphatic carbocycles. The van der Waals surface area contributed by atoms with Crippen molar-refractivity contribution in [2.45, 2.75) is 34.1 Å². The molecule has 5 heteroatoms. The second-order valence-corrected chi connectivity index (χ2v) is 6.18. The van der Waals surface area contributed by atoms with Crippen molar-refractivity contribution in [3.8, 4) is 17.2 Å². The van der Waals surface area contributed by atoms with Crippen molar-refractivity contribution in [1.29, 1.82) is 5.26 Å². The zero-order valence-corrected chi connectivity index (χ0v) is 15.5. The third kappa shape index (κ3) is 4.15. The Labute approximate surface area is 153 Å². The first kappa shape index (κ1) is 19.3. The molecule has 26 heavy (non-hydrogen) atoms. The summed E-state index contributed by atoms with van der Waals surface area (Å²) in [6.45, 7) is 8.14. The number of allylic oxidation sites excluding steroid dienone is 1. The minimum absolute atomic E-state index is 0.123. The van der Waals surface area contributed by atoms with Gasteiger partial charge < -0.3 is 5.32 Å². The molecule has 2 aromatic rings. The molecule has 4 nitrogen and oxygen atoms in total. The number of aromatic nitrogens is 1. The van der Waals surface area contributed by atoms with E-state index in [1.165, 1.54) is 12.3 Å². The Kier molecular flexibility index (Phi) is 6.24. The summed E-state index contributed by atoms with van der Waals surface area (Å²) in [5.74, 6) is -0.698. The minimum Gasteiger partial charge on any atom is -0.352 e. The summed E-state index contributed by atoms with van der Waals surface area (Å²) in [6.07, 6.45) is 2.26. The predicted octanol–water partition coefficient (Wildman–Crippen LogP) is 4.39. The first-order valence-electron chi connectivity index (χ1n) is 8.51. The Balaban J connectivity index is 2.61.